The van der Waals surface area contributed by atoms with E-state index in [4.69, 9.17) is 4.74 Å². The Labute approximate surface area is 93.6 Å². The molecule has 1 aliphatic heterocycles. The predicted octanol–water partition coefficient (Wildman–Crippen LogP) is -0.142. The van der Waals surface area contributed by atoms with Crippen LogP contribution in [0.1, 0.15) is 6.92 Å². The number of likely N-dealkylation sites (N-methyl/N-ethyl adjacent to an activating group) is 2. The van der Waals surface area contributed by atoms with Crippen LogP contribution in [0, 0.1) is 0 Å². The van der Waals surface area contributed by atoms with Crippen molar-refractivity contribution >= 4 is 0 Å². The molecule has 1 saturated heterocycles. The van der Waals surface area contributed by atoms with Gasteiger partial charge in [0.05, 0.1) is 13.2 Å². The van der Waals surface area contributed by atoms with Crippen LogP contribution >= 0.6 is 0 Å². The van der Waals surface area contributed by atoms with Crippen molar-refractivity contribution in [2.75, 3.05) is 60.0 Å². The van der Waals surface area contributed by atoms with Gasteiger partial charge in [0.2, 0.25) is 0 Å². The minimum absolute atomic E-state index is 0.554. The van der Waals surface area contributed by atoms with Gasteiger partial charge in [-0.15, -0.1) is 0 Å². The average Bonchev–Trinajstić information content (AvgIpc) is 2.24. The molecule has 4 heteroatoms. The number of hydrogen-bond acceptors (Lipinski definition) is 4. The van der Waals surface area contributed by atoms with Crippen LogP contribution in [0.15, 0.2) is 0 Å². The molecule has 1 aliphatic rings. The maximum atomic E-state index is 5.52. The minimum Gasteiger partial charge on any atom is -0.378 e. The topological polar surface area (TPSA) is 27.7 Å². The third kappa shape index (κ3) is 4.93. The SMILES string of the molecule is CCNCC1COCCN1CCN(C)C. The molecule has 1 fully saturated rings. The lowest BCUT2D eigenvalue weighted by Crippen LogP contribution is -2.52. The van der Waals surface area contributed by atoms with Crippen LogP contribution in [0.5, 0.6) is 0 Å². The Balaban J connectivity index is 2.29. The summed E-state index contributed by atoms with van der Waals surface area (Å²) in [6, 6.07) is 0.554. The molecular formula is C11H25N3O. The van der Waals surface area contributed by atoms with Crippen LogP contribution in [-0.4, -0.2) is 75.9 Å². The highest BCUT2D eigenvalue weighted by Gasteiger charge is 2.21. The predicted molar refractivity (Wildman–Crippen MR) is 63.3 cm³/mol. The Morgan fingerprint density at radius 1 is 1.47 bits per heavy atom. The van der Waals surface area contributed by atoms with Gasteiger partial charge in [0, 0.05) is 32.2 Å². The van der Waals surface area contributed by atoms with E-state index in [0.717, 1.165) is 45.9 Å². The number of hydrogen-bond donors (Lipinski definition) is 1. The van der Waals surface area contributed by atoms with Gasteiger partial charge in [0.25, 0.3) is 0 Å². The first-order chi connectivity index (χ1) is 7.24. The molecular weight excluding hydrogens is 190 g/mol. The van der Waals surface area contributed by atoms with E-state index in [1.807, 2.05) is 0 Å². The lowest BCUT2D eigenvalue weighted by molar-refractivity contribution is -0.00862. The molecule has 0 aliphatic carbocycles. The first kappa shape index (κ1) is 12.9. The highest BCUT2D eigenvalue weighted by Crippen LogP contribution is 2.05. The molecule has 1 rings (SSSR count). The quantitative estimate of drug-likeness (QED) is 0.667. The van der Waals surface area contributed by atoms with Crippen molar-refractivity contribution < 1.29 is 4.74 Å². The Bertz CT molecular complexity index is 164. The highest BCUT2D eigenvalue weighted by molar-refractivity contribution is 4.77. The van der Waals surface area contributed by atoms with E-state index < -0.39 is 0 Å². The molecule has 1 atom stereocenters. The molecule has 1 N–H and O–H groups in total. The lowest BCUT2D eigenvalue weighted by atomic mass is 10.2. The second-order valence-corrected chi connectivity index (χ2v) is 4.38. The molecule has 15 heavy (non-hydrogen) atoms. The Hall–Kier alpha value is -0.160. The normalized spacial score (nSPS) is 23.6. The summed E-state index contributed by atoms with van der Waals surface area (Å²) in [5.41, 5.74) is 0. The summed E-state index contributed by atoms with van der Waals surface area (Å²) in [5.74, 6) is 0. The number of nitrogens with zero attached hydrogens (tertiary/aromatic N) is 2. The summed E-state index contributed by atoms with van der Waals surface area (Å²) in [5, 5.41) is 3.40. The summed E-state index contributed by atoms with van der Waals surface area (Å²) in [6.45, 7) is 9.34. The minimum atomic E-state index is 0.554. The molecule has 0 aromatic carbocycles. The van der Waals surface area contributed by atoms with Crippen molar-refractivity contribution in [2.24, 2.45) is 0 Å². The average molecular weight is 215 g/mol. The van der Waals surface area contributed by atoms with Crippen molar-refractivity contribution in [3.8, 4) is 0 Å². The first-order valence-electron chi connectivity index (χ1n) is 5.91. The zero-order chi connectivity index (χ0) is 11.1. The van der Waals surface area contributed by atoms with Crippen molar-refractivity contribution in [3.05, 3.63) is 0 Å². The Morgan fingerprint density at radius 2 is 2.27 bits per heavy atom. The zero-order valence-corrected chi connectivity index (χ0v) is 10.3. The summed E-state index contributed by atoms with van der Waals surface area (Å²) >= 11 is 0. The van der Waals surface area contributed by atoms with Crippen LogP contribution in [0.4, 0.5) is 0 Å². The van der Waals surface area contributed by atoms with Crippen LogP contribution in [0.25, 0.3) is 0 Å². The zero-order valence-electron chi connectivity index (χ0n) is 10.3. The van der Waals surface area contributed by atoms with E-state index in [-0.39, 0.29) is 0 Å². The standard InChI is InChI=1S/C11H25N3O/c1-4-12-9-11-10-15-8-7-14(11)6-5-13(2)3/h11-12H,4-10H2,1-3H3. The van der Waals surface area contributed by atoms with Gasteiger partial charge in [-0.2, -0.15) is 0 Å². The third-order valence-corrected chi connectivity index (χ3v) is 2.81. The van der Waals surface area contributed by atoms with Crippen molar-refractivity contribution in [3.63, 3.8) is 0 Å². The van der Waals surface area contributed by atoms with Gasteiger partial charge in [0.1, 0.15) is 0 Å². The van der Waals surface area contributed by atoms with E-state index in [2.05, 4.69) is 36.1 Å². The summed E-state index contributed by atoms with van der Waals surface area (Å²) < 4.78 is 5.52. The van der Waals surface area contributed by atoms with Crippen LogP contribution in [0.3, 0.4) is 0 Å². The molecule has 90 valence electrons. The molecule has 0 spiro atoms. The second kappa shape index (κ2) is 7.17. The number of nitrogens with one attached hydrogen (secondary N) is 1. The van der Waals surface area contributed by atoms with Gasteiger partial charge in [0.15, 0.2) is 0 Å². The van der Waals surface area contributed by atoms with Crippen LogP contribution in [0.2, 0.25) is 0 Å². The monoisotopic (exact) mass is 215 g/mol. The van der Waals surface area contributed by atoms with Crippen molar-refractivity contribution in [2.45, 2.75) is 13.0 Å². The van der Waals surface area contributed by atoms with Gasteiger partial charge in [-0.05, 0) is 20.6 Å². The summed E-state index contributed by atoms with van der Waals surface area (Å²) in [4.78, 5) is 4.77. The third-order valence-electron chi connectivity index (χ3n) is 2.81. The summed E-state index contributed by atoms with van der Waals surface area (Å²) in [6.07, 6.45) is 0. The molecule has 0 bridgehead atoms. The first-order valence-corrected chi connectivity index (χ1v) is 5.91. The van der Waals surface area contributed by atoms with Gasteiger partial charge in [-0.1, -0.05) is 6.92 Å². The molecule has 1 heterocycles. The van der Waals surface area contributed by atoms with Crippen molar-refractivity contribution in [1.82, 2.24) is 15.1 Å². The maximum absolute atomic E-state index is 5.52. The van der Waals surface area contributed by atoms with E-state index in [1.54, 1.807) is 0 Å². The van der Waals surface area contributed by atoms with E-state index in [1.165, 1.54) is 0 Å². The molecule has 0 aromatic heterocycles. The summed E-state index contributed by atoms with van der Waals surface area (Å²) in [7, 11) is 4.25. The Morgan fingerprint density at radius 3 is 2.93 bits per heavy atom. The fourth-order valence-electron chi connectivity index (χ4n) is 1.81. The molecule has 4 nitrogen and oxygen atoms in total. The highest BCUT2D eigenvalue weighted by atomic mass is 16.5. The van der Waals surface area contributed by atoms with Gasteiger partial charge in [-0.25, -0.2) is 0 Å². The van der Waals surface area contributed by atoms with Gasteiger partial charge < -0.3 is 15.0 Å². The van der Waals surface area contributed by atoms with Crippen LogP contribution in [-0.2, 0) is 4.74 Å². The number of morpholine rings is 1. The molecule has 0 aromatic rings. The molecule has 0 saturated carbocycles. The van der Waals surface area contributed by atoms with E-state index in [9.17, 15) is 0 Å². The Kier molecular flexibility index (Phi) is 6.17. The molecule has 0 radical (unpaired) electrons. The number of rotatable bonds is 6. The molecule has 1 unspecified atom stereocenters. The van der Waals surface area contributed by atoms with E-state index >= 15 is 0 Å². The fourth-order valence-corrected chi connectivity index (χ4v) is 1.81. The smallest absolute Gasteiger partial charge is 0.0634 e. The molecule has 0 amide bonds. The second-order valence-electron chi connectivity index (χ2n) is 4.38. The largest absolute Gasteiger partial charge is 0.378 e. The maximum Gasteiger partial charge on any atom is 0.0634 e. The lowest BCUT2D eigenvalue weighted by Gasteiger charge is -2.36. The number of ether oxygens (including phenoxy) is 1. The van der Waals surface area contributed by atoms with E-state index in [0.29, 0.717) is 6.04 Å². The van der Waals surface area contributed by atoms with Crippen molar-refractivity contribution in [1.29, 1.82) is 0 Å². The fraction of sp³-hybridized carbons (Fsp3) is 1.00. The van der Waals surface area contributed by atoms with Gasteiger partial charge in [-0.3, -0.25) is 4.90 Å². The van der Waals surface area contributed by atoms with Crippen LogP contribution < -0.4 is 5.32 Å². The van der Waals surface area contributed by atoms with Gasteiger partial charge >= 0.3 is 0 Å².